The third-order valence-corrected chi connectivity index (χ3v) is 4.98. The first kappa shape index (κ1) is 20.3. The summed E-state index contributed by atoms with van der Waals surface area (Å²) >= 11 is 1.05. The molecule has 0 aliphatic carbocycles. The van der Waals surface area contributed by atoms with Gasteiger partial charge in [-0.1, -0.05) is 11.8 Å². The van der Waals surface area contributed by atoms with Gasteiger partial charge in [0.15, 0.2) is 0 Å². The normalized spacial score (nSPS) is 16.5. The highest BCUT2D eigenvalue weighted by molar-refractivity contribution is 8.18. The van der Waals surface area contributed by atoms with Crippen molar-refractivity contribution in [3.8, 4) is 17.2 Å². The van der Waals surface area contributed by atoms with Crippen molar-refractivity contribution in [3.05, 3.63) is 64.3 Å². The van der Waals surface area contributed by atoms with E-state index in [1.807, 2.05) is 6.92 Å². The molecule has 7 nitrogen and oxygen atoms in total. The Labute approximate surface area is 171 Å². The molecule has 0 amide bonds. The van der Waals surface area contributed by atoms with E-state index < -0.39 is 5.97 Å². The number of carbonyl (C=O) groups is 1. The Kier molecular flexibility index (Phi) is 6.13. The van der Waals surface area contributed by atoms with E-state index in [1.165, 1.54) is 31.4 Å². The Morgan fingerprint density at radius 3 is 2.52 bits per heavy atom. The zero-order valence-corrected chi connectivity index (χ0v) is 16.6. The van der Waals surface area contributed by atoms with Gasteiger partial charge < -0.3 is 24.8 Å². The van der Waals surface area contributed by atoms with Crippen LogP contribution in [0.4, 0.5) is 5.69 Å². The molecular formula is C21H19NO6S. The average Bonchev–Trinajstić information content (AvgIpc) is 3.01. The highest BCUT2D eigenvalue weighted by Gasteiger charge is 2.33. The maximum Gasteiger partial charge on any atom is 0.344 e. The van der Waals surface area contributed by atoms with Crippen LogP contribution in [0.3, 0.4) is 0 Å². The molecule has 8 heteroatoms. The van der Waals surface area contributed by atoms with Gasteiger partial charge in [-0.2, -0.15) is 0 Å². The molecule has 1 heterocycles. The van der Waals surface area contributed by atoms with E-state index in [9.17, 15) is 20.1 Å². The fourth-order valence-corrected chi connectivity index (χ4v) is 3.62. The number of thioether (sulfide) groups is 1. The second kappa shape index (κ2) is 8.74. The number of phenols is 2. The molecule has 2 aromatic carbocycles. The Morgan fingerprint density at radius 2 is 1.86 bits per heavy atom. The molecule has 3 N–H and O–H groups in total. The summed E-state index contributed by atoms with van der Waals surface area (Å²) in [5.41, 5.74) is 0.773. The van der Waals surface area contributed by atoms with Crippen molar-refractivity contribution in [2.24, 2.45) is 4.99 Å². The Bertz CT molecular complexity index is 1020. The minimum Gasteiger partial charge on any atom is -0.508 e. The molecule has 0 fully saturated rings. The number of benzene rings is 2. The predicted molar refractivity (Wildman–Crippen MR) is 112 cm³/mol. The highest BCUT2D eigenvalue weighted by Crippen LogP contribution is 2.41. The number of carbonyl (C=O) groups excluding carboxylic acids is 1. The molecule has 0 radical (unpaired) electrons. The van der Waals surface area contributed by atoms with E-state index in [0.29, 0.717) is 18.0 Å². The van der Waals surface area contributed by atoms with Crippen LogP contribution in [-0.2, 0) is 9.53 Å². The van der Waals surface area contributed by atoms with Gasteiger partial charge in [0.1, 0.15) is 33.6 Å². The van der Waals surface area contributed by atoms with Crippen molar-refractivity contribution in [1.29, 1.82) is 0 Å². The number of hydrogen-bond acceptors (Lipinski definition) is 8. The molecule has 0 unspecified atom stereocenters. The summed E-state index contributed by atoms with van der Waals surface area (Å²) in [5, 5.41) is 30.4. The number of esters is 1. The Hall–Kier alpha value is -3.39. The maximum absolute atomic E-state index is 12.2. The molecule has 0 saturated heterocycles. The van der Waals surface area contributed by atoms with E-state index in [1.54, 1.807) is 24.3 Å². The zero-order chi connectivity index (χ0) is 21.0. The van der Waals surface area contributed by atoms with Crippen LogP contribution in [0.1, 0.15) is 12.5 Å². The van der Waals surface area contributed by atoms with E-state index in [0.717, 1.165) is 11.8 Å². The molecule has 1 aliphatic heterocycles. The van der Waals surface area contributed by atoms with Gasteiger partial charge in [-0.15, -0.1) is 0 Å². The fourth-order valence-electron chi connectivity index (χ4n) is 2.59. The first-order valence-corrected chi connectivity index (χ1v) is 9.50. The predicted octanol–water partition coefficient (Wildman–Crippen LogP) is 4.30. The lowest BCUT2D eigenvalue weighted by atomic mass is 10.1. The summed E-state index contributed by atoms with van der Waals surface area (Å²) in [6.07, 6.45) is 1.46. The highest BCUT2D eigenvalue weighted by atomic mass is 32.2. The topological polar surface area (TPSA) is 109 Å². The SMILES string of the molecule is CCOc1ccc(N=C2S/C(=C/c3cc(O)ccc3O)C(O)=C2C(=O)OC)cc1. The number of aliphatic hydroxyl groups excluding tert-OH is 1. The summed E-state index contributed by atoms with van der Waals surface area (Å²) < 4.78 is 10.2. The number of nitrogens with zero attached hydrogens (tertiary/aromatic N) is 1. The first-order valence-electron chi connectivity index (χ1n) is 8.68. The number of phenolic OH excluding ortho intramolecular Hbond substituents is 2. The van der Waals surface area contributed by atoms with Crippen LogP contribution in [0.15, 0.2) is 63.7 Å². The lowest BCUT2D eigenvalue weighted by Crippen LogP contribution is -2.10. The molecule has 0 aromatic heterocycles. The number of aliphatic imine (C=N–C) groups is 1. The van der Waals surface area contributed by atoms with Crippen molar-refractivity contribution in [1.82, 2.24) is 0 Å². The summed E-state index contributed by atoms with van der Waals surface area (Å²) in [4.78, 5) is 16.9. The van der Waals surface area contributed by atoms with Gasteiger partial charge in [0.25, 0.3) is 0 Å². The van der Waals surface area contributed by atoms with Crippen LogP contribution in [-0.4, -0.2) is 40.0 Å². The first-order chi connectivity index (χ1) is 13.9. The zero-order valence-electron chi connectivity index (χ0n) is 15.7. The Balaban J connectivity index is 2.01. The van der Waals surface area contributed by atoms with Gasteiger partial charge >= 0.3 is 5.97 Å². The van der Waals surface area contributed by atoms with E-state index in [4.69, 9.17) is 9.47 Å². The lowest BCUT2D eigenvalue weighted by molar-refractivity contribution is -0.135. The van der Waals surface area contributed by atoms with Gasteiger partial charge in [-0.05, 0) is 55.5 Å². The largest absolute Gasteiger partial charge is 0.508 e. The molecule has 150 valence electrons. The molecule has 3 rings (SSSR count). The molecule has 0 atom stereocenters. The third kappa shape index (κ3) is 4.55. The number of aromatic hydroxyl groups is 2. The van der Waals surface area contributed by atoms with Crippen LogP contribution in [0.2, 0.25) is 0 Å². The molecule has 1 aliphatic rings. The number of rotatable bonds is 5. The molecule has 29 heavy (non-hydrogen) atoms. The second-order valence-corrected chi connectivity index (χ2v) is 6.94. The lowest BCUT2D eigenvalue weighted by Gasteiger charge is -2.04. The smallest absolute Gasteiger partial charge is 0.344 e. The van der Waals surface area contributed by atoms with Crippen molar-refractivity contribution in [2.75, 3.05) is 13.7 Å². The Morgan fingerprint density at radius 1 is 1.14 bits per heavy atom. The van der Waals surface area contributed by atoms with Gasteiger partial charge in [0, 0.05) is 5.56 Å². The van der Waals surface area contributed by atoms with Crippen LogP contribution in [0.25, 0.3) is 6.08 Å². The molecule has 0 bridgehead atoms. The number of hydrogen-bond donors (Lipinski definition) is 3. The number of ether oxygens (including phenoxy) is 2. The van der Waals surface area contributed by atoms with Crippen molar-refractivity contribution in [3.63, 3.8) is 0 Å². The van der Waals surface area contributed by atoms with Gasteiger partial charge in [0.2, 0.25) is 0 Å². The van der Waals surface area contributed by atoms with E-state index in [-0.39, 0.29) is 38.3 Å². The van der Waals surface area contributed by atoms with Gasteiger partial charge in [0.05, 0.1) is 24.3 Å². The average molecular weight is 413 g/mol. The summed E-state index contributed by atoms with van der Waals surface area (Å²) in [6, 6.07) is 11.0. The van der Waals surface area contributed by atoms with Crippen molar-refractivity contribution >= 4 is 34.5 Å². The van der Waals surface area contributed by atoms with Crippen LogP contribution >= 0.6 is 11.8 Å². The molecule has 0 spiro atoms. The van der Waals surface area contributed by atoms with Crippen molar-refractivity contribution in [2.45, 2.75) is 6.92 Å². The minimum atomic E-state index is -0.733. The van der Waals surface area contributed by atoms with Gasteiger partial charge in [-0.3, -0.25) is 0 Å². The van der Waals surface area contributed by atoms with Crippen LogP contribution in [0.5, 0.6) is 17.2 Å². The number of methoxy groups -OCH3 is 1. The summed E-state index contributed by atoms with van der Waals surface area (Å²) in [7, 11) is 1.21. The van der Waals surface area contributed by atoms with E-state index >= 15 is 0 Å². The molecule has 2 aromatic rings. The fraction of sp³-hybridized carbons (Fsp3) is 0.143. The monoisotopic (exact) mass is 413 g/mol. The number of aliphatic hydroxyl groups is 1. The quantitative estimate of drug-likeness (QED) is 0.495. The van der Waals surface area contributed by atoms with Gasteiger partial charge in [-0.25, -0.2) is 9.79 Å². The molecular weight excluding hydrogens is 394 g/mol. The standard InChI is InChI=1S/C21H19NO6S/c1-3-28-15-7-4-13(5-8-15)22-20-18(21(26)27-2)19(25)17(29-20)11-12-10-14(23)6-9-16(12)24/h4-11,23-25H,3H2,1-2H3/b17-11+,22-20?. The van der Waals surface area contributed by atoms with Crippen molar-refractivity contribution < 1.29 is 29.6 Å². The summed E-state index contributed by atoms with van der Waals surface area (Å²) in [6.45, 7) is 2.43. The van der Waals surface area contributed by atoms with Crippen LogP contribution < -0.4 is 4.74 Å². The maximum atomic E-state index is 12.2. The summed E-state index contributed by atoms with van der Waals surface area (Å²) in [5.74, 6) is -0.475. The minimum absolute atomic E-state index is 0.0439. The molecule has 0 saturated carbocycles. The second-order valence-electron chi connectivity index (χ2n) is 5.91. The van der Waals surface area contributed by atoms with E-state index in [2.05, 4.69) is 4.99 Å². The van der Waals surface area contributed by atoms with Crippen LogP contribution in [0, 0.1) is 0 Å². The third-order valence-electron chi connectivity index (χ3n) is 3.96.